The zero-order valence-electron chi connectivity index (χ0n) is 11.8. The molecule has 1 heterocycles. The van der Waals surface area contributed by atoms with Crippen molar-refractivity contribution in [2.45, 2.75) is 19.3 Å². The molecule has 1 aromatic carbocycles. The van der Waals surface area contributed by atoms with Gasteiger partial charge in [0, 0.05) is 46.2 Å². The predicted octanol–water partition coefficient (Wildman–Crippen LogP) is 3.93. The van der Waals surface area contributed by atoms with E-state index in [9.17, 15) is 4.79 Å². The zero-order chi connectivity index (χ0) is 15.4. The Hall–Kier alpha value is -0.850. The summed E-state index contributed by atoms with van der Waals surface area (Å²) in [6.45, 7) is 0.909. The number of rotatable bonds is 6. The van der Waals surface area contributed by atoms with E-state index in [-0.39, 0.29) is 12.5 Å². The Morgan fingerprint density at radius 3 is 2.67 bits per heavy atom. The maximum Gasteiger partial charge on any atom is 0.255 e. The summed E-state index contributed by atoms with van der Waals surface area (Å²) in [5, 5.41) is 9.68. The first-order chi connectivity index (χ1) is 10.0. The van der Waals surface area contributed by atoms with Crippen molar-refractivity contribution < 1.29 is 9.90 Å². The Morgan fingerprint density at radius 1 is 1.24 bits per heavy atom. The number of carbonyl (C=O) groups is 1. The summed E-state index contributed by atoms with van der Waals surface area (Å²) in [7, 11) is 1.81. The fourth-order valence-electron chi connectivity index (χ4n) is 2.24. The maximum absolute atomic E-state index is 12.5. The van der Waals surface area contributed by atoms with Gasteiger partial charge in [0.25, 0.3) is 5.91 Å². The molecule has 0 saturated carbocycles. The molecule has 0 unspecified atom stereocenters. The number of hydrogen-bond donors (Lipinski definition) is 2. The van der Waals surface area contributed by atoms with Crippen LogP contribution in [0.3, 0.4) is 0 Å². The highest BCUT2D eigenvalue weighted by Crippen LogP contribution is 2.30. The third kappa shape index (κ3) is 3.87. The van der Waals surface area contributed by atoms with Crippen LogP contribution in [0.5, 0.6) is 0 Å². The van der Waals surface area contributed by atoms with E-state index in [0.29, 0.717) is 12.1 Å². The van der Waals surface area contributed by atoms with Crippen LogP contribution in [-0.2, 0) is 0 Å². The lowest BCUT2D eigenvalue weighted by Gasteiger charge is -2.16. The minimum atomic E-state index is 0.0134. The van der Waals surface area contributed by atoms with Gasteiger partial charge in [-0.15, -0.1) is 0 Å². The third-order valence-corrected chi connectivity index (χ3v) is 5.30. The monoisotopic (exact) mass is 416 g/mol. The molecule has 0 spiro atoms. The zero-order valence-corrected chi connectivity index (χ0v) is 15.0. The topological polar surface area (TPSA) is 56.3 Å². The van der Waals surface area contributed by atoms with Gasteiger partial charge in [0.1, 0.15) is 0 Å². The number of nitrogens with zero attached hydrogens (tertiary/aromatic N) is 1. The van der Waals surface area contributed by atoms with Gasteiger partial charge in [-0.1, -0.05) is 0 Å². The van der Waals surface area contributed by atoms with E-state index in [1.807, 2.05) is 19.2 Å². The molecule has 0 atom stereocenters. The molecule has 0 saturated heterocycles. The van der Waals surface area contributed by atoms with Crippen molar-refractivity contribution in [1.29, 1.82) is 0 Å². The number of nitrogens with one attached hydrogen (secondary N) is 1. The fourth-order valence-corrected chi connectivity index (χ4v) is 2.93. The molecule has 4 nitrogen and oxygen atoms in total. The van der Waals surface area contributed by atoms with Gasteiger partial charge >= 0.3 is 0 Å². The van der Waals surface area contributed by atoms with Gasteiger partial charge in [0.05, 0.1) is 5.56 Å². The average Bonchev–Trinajstić information content (AvgIpc) is 2.86. The van der Waals surface area contributed by atoms with E-state index < -0.39 is 0 Å². The number of unbranched alkanes of at least 4 members (excludes halogenated alkanes) is 2. The number of aromatic nitrogens is 1. The maximum atomic E-state index is 12.5. The first-order valence-corrected chi connectivity index (χ1v) is 8.45. The molecular formula is C15H18Br2N2O2. The van der Waals surface area contributed by atoms with Crippen LogP contribution < -0.4 is 0 Å². The number of halogens is 2. The summed E-state index contributed by atoms with van der Waals surface area (Å²) >= 11 is 6.93. The van der Waals surface area contributed by atoms with Crippen LogP contribution in [0.15, 0.2) is 27.3 Å². The quantitative estimate of drug-likeness (QED) is 0.699. The van der Waals surface area contributed by atoms with Crippen LogP contribution >= 0.6 is 31.9 Å². The normalized spacial score (nSPS) is 11.0. The van der Waals surface area contributed by atoms with Crippen molar-refractivity contribution in [3.05, 3.63) is 32.8 Å². The molecule has 2 aromatic rings. The summed E-state index contributed by atoms with van der Waals surface area (Å²) in [6.07, 6.45) is 4.38. The molecule has 2 N–H and O–H groups in total. The second-order valence-electron chi connectivity index (χ2n) is 5.03. The Morgan fingerprint density at radius 2 is 1.95 bits per heavy atom. The Balaban J connectivity index is 2.14. The number of amides is 1. The molecule has 1 amide bonds. The van der Waals surface area contributed by atoms with Crippen molar-refractivity contribution in [2.24, 2.45) is 0 Å². The number of H-pyrrole nitrogens is 1. The first kappa shape index (κ1) is 16.5. The van der Waals surface area contributed by atoms with Gasteiger partial charge < -0.3 is 15.0 Å². The molecule has 6 heteroatoms. The molecule has 0 radical (unpaired) electrons. The van der Waals surface area contributed by atoms with Crippen LogP contribution in [0.4, 0.5) is 0 Å². The summed E-state index contributed by atoms with van der Waals surface area (Å²) < 4.78 is 1.88. The molecule has 0 bridgehead atoms. The Labute approximate surface area is 140 Å². The number of benzene rings is 1. The lowest BCUT2D eigenvalue weighted by molar-refractivity contribution is 0.0794. The third-order valence-electron chi connectivity index (χ3n) is 3.45. The number of aliphatic hydroxyl groups excluding tert-OH is 1. The molecule has 21 heavy (non-hydrogen) atoms. The van der Waals surface area contributed by atoms with Crippen LogP contribution in [-0.4, -0.2) is 41.1 Å². The lowest BCUT2D eigenvalue weighted by atomic mass is 10.1. The predicted molar refractivity (Wildman–Crippen MR) is 91.6 cm³/mol. The average molecular weight is 418 g/mol. The van der Waals surface area contributed by atoms with Crippen LogP contribution in [0.1, 0.15) is 29.6 Å². The summed E-state index contributed by atoms with van der Waals surface area (Å²) in [5.41, 5.74) is 1.62. The van der Waals surface area contributed by atoms with Gasteiger partial charge in [-0.05, 0) is 63.3 Å². The minimum absolute atomic E-state index is 0.0134. The Bertz CT molecular complexity index is 640. The fraction of sp³-hybridized carbons (Fsp3) is 0.400. The molecular weight excluding hydrogens is 400 g/mol. The smallest absolute Gasteiger partial charge is 0.255 e. The van der Waals surface area contributed by atoms with E-state index >= 15 is 0 Å². The minimum Gasteiger partial charge on any atom is -0.396 e. The van der Waals surface area contributed by atoms with Crippen molar-refractivity contribution in [2.75, 3.05) is 20.2 Å². The Kier molecular flexibility index (Phi) is 5.84. The van der Waals surface area contributed by atoms with E-state index in [0.717, 1.165) is 39.1 Å². The molecule has 0 aliphatic rings. The van der Waals surface area contributed by atoms with Crippen molar-refractivity contribution >= 4 is 48.7 Å². The van der Waals surface area contributed by atoms with Gasteiger partial charge in [-0.25, -0.2) is 0 Å². The first-order valence-electron chi connectivity index (χ1n) is 6.87. The van der Waals surface area contributed by atoms with E-state index in [4.69, 9.17) is 5.11 Å². The van der Waals surface area contributed by atoms with Crippen molar-refractivity contribution in [1.82, 2.24) is 9.88 Å². The number of carbonyl (C=O) groups excluding carboxylic acids is 1. The highest BCUT2D eigenvalue weighted by molar-refractivity contribution is 9.13. The molecule has 1 aromatic heterocycles. The number of hydrogen-bond acceptors (Lipinski definition) is 2. The molecule has 0 fully saturated rings. The van der Waals surface area contributed by atoms with Crippen LogP contribution in [0.25, 0.3) is 10.9 Å². The molecule has 0 aliphatic carbocycles. The SMILES string of the molecule is CN(CCCCCO)C(=O)c1c[nH]c2cc(Br)c(Br)cc12. The molecule has 0 aliphatic heterocycles. The van der Waals surface area contributed by atoms with E-state index in [1.165, 1.54) is 0 Å². The number of fused-ring (bicyclic) bond motifs is 1. The van der Waals surface area contributed by atoms with Crippen molar-refractivity contribution in [3.63, 3.8) is 0 Å². The van der Waals surface area contributed by atoms with Gasteiger partial charge in [-0.3, -0.25) is 4.79 Å². The van der Waals surface area contributed by atoms with Gasteiger partial charge in [0.2, 0.25) is 0 Å². The van der Waals surface area contributed by atoms with Crippen LogP contribution in [0, 0.1) is 0 Å². The van der Waals surface area contributed by atoms with Gasteiger partial charge in [-0.2, -0.15) is 0 Å². The standard InChI is InChI=1S/C15H18Br2N2O2/c1-19(5-3-2-4-6-20)15(21)11-9-18-14-8-13(17)12(16)7-10(11)14/h7-9,18,20H,2-6H2,1H3. The number of aliphatic hydroxyl groups is 1. The summed E-state index contributed by atoms with van der Waals surface area (Å²) in [5.74, 6) is 0.0134. The highest BCUT2D eigenvalue weighted by atomic mass is 79.9. The van der Waals surface area contributed by atoms with Crippen molar-refractivity contribution in [3.8, 4) is 0 Å². The second kappa shape index (κ2) is 7.42. The molecule has 2 rings (SSSR count). The summed E-state index contributed by atoms with van der Waals surface area (Å²) in [4.78, 5) is 17.4. The summed E-state index contributed by atoms with van der Waals surface area (Å²) in [6, 6.07) is 3.90. The second-order valence-corrected chi connectivity index (χ2v) is 6.73. The van der Waals surface area contributed by atoms with E-state index in [1.54, 1.807) is 11.1 Å². The molecule has 114 valence electrons. The van der Waals surface area contributed by atoms with Gasteiger partial charge in [0.15, 0.2) is 0 Å². The largest absolute Gasteiger partial charge is 0.396 e. The highest BCUT2D eigenvalue weighted by Gasteiger charge is 2.16. The van der Waals surface area contributed by atoms with Crippen LogP contribution in [0.2, 0.25) is 0 Å². The van der Waals surface area contributed by atoms with E-state index in [2.05, 4.69) is 36.8 Å². The lowest BCUT2D eigenvalue weighted by Crippen LogP contribution is -2.27. The number of aromatic amines is 1.